The number of nitrogens with one attached hydrogen (secondary N) is 2. The highest BCUT2D eigenvalue weighted by Crippen LogP contribution is 2.34. The molecule has 0 bridgehead atoms. The van der Waals surface area contributed by atoms with Gasteiger partial charge < -0.3 is 5.11 Å². The third-order valence-electron chi connectivity index (χ3n) is 4.08. The number of aromatic amines is 2. The highest BCUT2D eigenvalue weighted by atomic mass is 35.5. The lowest BCUT2D eigenvalue weighted by Gasteiger charge is -2.13. The number of carbonyl (C=O) groups is 1. The predicted molar refractivity (Wildman–Crippen MR) is 78.5 cm³/mol. The average Bonchev–Trinajstić information content (AvgIpc) is 3.16. The Morgan fingerprint density at radius 3 is 2.91 bits per heavy atom. The Labute approximate surface area is 131 Å². The van der Waals surface area contributed by atoms with Gasteiger partial charge >= 0.3 is 5.97 Å². The number of carboxylic acid groups (broad SMARTS) is 1. The van der Waals surface area contributed by atoms with Gasteiger partial charge in [-0.2, -0.15) is 20.5 Å². The molecule has 0 aromatic carbocycles. The third-order valence-corrected chi connectivity index (χ3v) is 4.58. The Morgan fingerprint density at radius 2 is 2.32 bits per heavy atom. The van der Waals surface area contributed by atoms with Crippen molar-refractivity contribution in [2.24, 2.45) is 5.92 Å². The average molecular weight is 325 g/mol. The lowest BCUT2D eigenvalue weighted by Crippen LogP contribution is -2.21. The Morgan fingerprint density at radius 1 is 1.50 bits per heavy atom. The van der Waals surface area contributed by atoms with E-state index < -0.39 is 5.97 Å². The second-order valence-electron chi connectivity index (χ2n) is 5.66. The van der Waals surface area contributed by atoms with Gasteiger partial charge in [0.15, 0.2) is 0 Å². The van der Waals surface area contributed by atoms with Gasteiger partial charge in [-0.1, -0.05) is 11.6 Å². The van der Waals surface area contributed by atoms with Crippen LogP contribution in [0, 0.1) is 12.8 Å². The predicted octanol–water partition coefficient (Wildman–Crippen LogP) is 1.18. The van der Waals surface area contributed by atoms with E-state index in [1.807, 2.05) is 6.92 Å². The highest BCUT2D eigenvalue weighted by Gasteiger charge is 2.37. The number of likely N-dealkylation sites (tertiary alicyclic amines) is 1. The van der Waals surface area contributed by atoms with Crippen LogP contribution in [0.25, 0.3) is 0 Å². The van der Waals surface area contributed by atoms with Gasteiger partial charge in [0.05, 0.1) is 34.7 Å². The van der Waals surface area contributed by atoms with Crippen molar-refractivity contribution < 1.29 is 9.90 Å². The number of carboxylic acids is 1. The standard InChI is InChI=1S/C13H17ClN6O2/c1-7-13(14)11(17-16-7)6-20-4-8(2-12(21)22)9(5-20)10-3-15-19-18-10/h3,8-9H,2,4-6H2,1H3,(H,16,17)(H,21,22)(H,15,18,19)/t8-,9+/m0/s1. The summed E-state index contributed by atoms with van der Waals surface area (Å²) in [5, 5.41) is 27.4. The van der Waals surface area contributed by atoms with Crippen molar-refractivity contribution in [2.75, 3.05) is 13.1 Å². The second-order valence-corrected chi connectivity index (χ2v) is 6.04. The smallest absolute Gasteiger partial charge is 0.303 e. The zero-order valence-corrected chi connectivity index (χ0v) is 12.8. The highest BCUT2D eigenvalue weighted by molar-refractivity contribution is 6.31. The van der Waals surface area contributed by atoms with E-state index in [2.05, 4.69) is 30.5 Å². The van der Waals surface area contributed by atoms with Crippen LogP contribution in [0.5, 0.6) is 0 Å². The molecule has 1 saturated heterocycles. The fourth-order valence-electron chi connectivity index (χ4n) is 3.03. The summed E-state index contributed by atoms with van der Waals surface area (Å²) in [4.78, 5) is 13.3. The number of aromatic nitrogens is 5. The van der Waals surface area contributed by atoms with Gasteiger partial charge in [0.2, 0.25) is 0 Å². The van der Waals surface area contributed by atoms with Gasteiger partial charge in [0.1, 0.15) is 0 Å². The minimum absolute atomic E-state index is 0.00131. The molecule has 3 rings (SSSR count). The van der Waals surface area contributed by atoms with E-state index in [0.29, 0.717) is 24.7 Å². The minimum Gasteiger partial charge on any atom is -0.481 e. The van der Waals surface area contributed by atoms with Crippen molar-refractivity contribution in [3.8, 4) is 0 Å². The van der Waals surface area contributed by atoms with E-state index in [-0.39, 0.29) is 18.3 Å². The summed E-state index contributed by atoms with van der Waals surface area (Å²) < 4.78 is 0. The third kappa shape index (κ3) is 2.97. The van der Waals surface area contributed by atoms with Gasteiger partial charge in [-0.15, -0.1) is 0 Å². The van der Waals surface area contributed by atoms with Gasteiger partial charge in [-0.05, 0) is 12.8 Å². The maximum absolute atomic E-state index is 11.1. The van der Waals surface area contributed by atoms with Crippen LogP contribution in [0.4, 0.5) is 0 Å². The topological polar surface area (TPSA) is 111 Å². The number of halogens is 1. The summed E-state index contributed by atoms with van der Waals surface area (Å²) in [7, 11) is 0. The Balaban J connectivity index is 1.75. The summed E-state index contributed by atoms with van der Waals surface area (Å²) in [6.07, 6.45) is 1.77. The summed E-state index contributed by atoms with van der Waals surface area (Å²) in [6, 6.07) is 0. The van der Waals surface area contributed by atoms with E-state index in [1.54, 1.807) is 6.20 Å². The summed E-state index contributed by atoms with van der Waals surface area (Å²) in [5.41, 5.74) is 2.43. The van der Waals surface area contributed by atoms with Crippen LogP contribution in [0.2, 0.25) is 5.02 Å². The number of rotatable bonds is 5. The van der Waals surface area contributed by atoms with E-state index in [4.69, 9.17) is 16.7 Å². The fourth-order valence-corrected chi connectivity index (χ4v) is 3.17. The first-order valence-electron chi connectivity index (χ1n) is 7.03. The number of aryl methyl sites for hydroxylation is 1. The first-order chi connectivity index (χ1) is 10.5. The molecule has 3 N–H and O–H groups in total. The first-order valence-corrected chi connectivity index (χ1v) is 7.41. The van der Waals surface area contributed by atoms with E-state index in [1.165, 1.54) is 0 Å². The molecule has 2 atom stereocenters. The maximum Gasteiger partial charge on any atom is 0.303 e. The molecule has 0 radical (unpaired) electrons. The quantitative estimate of drug-likeness (QED) is 0.761. The van der Waals surface area contributed by atoms with Crippen LogP contribution in [0.15, 0.2) is 6.20 Å². The van der Waals surface area contributed by atoms with Gasteiger partial charge in [-0.25, -0.2) is 0 Å². The number of hydrogen-bond donors (Lipinski definition) is 3. The van der Waals surface area contributed by atoms with Crippen molar-refractivity contribution in [1.29, 1.82) is 0 Å². The van der Waals surface area contributed by atoms with Crippen molar-refractivity contribution in [1.82, 2.24) is 30.5 Å². The largest absolute Gasteiger partial charge is 0.481 e. The fraction of sp³-hybridized carbons (Fsp3) is 0.538. The van der Waals surface area contributed by atoms with Crippen LogP contribution in [0.1, 0.15) is 29.4 Å². The molecule has 0 aliphatic carbocycles. The molecule has 118 valence electrons. The lowest BCUT2D eigenvalue weighted by molar-refractivity contribution is -0.138. The Hall–Kier alpha value is -1.93. The summed E-state index contributed by atoms with van der Waals surface area (Å²) in [5.74, 6) is -0.746. The zero-order valence-electron chi connectivity index (χ0n) is 12.1. The molecule has 2 aromatic heterocycles. The first kappa shape index (κ1) is 15.0. The van der Waals surface area contributed by atoms with E-state index >= 15 is 0 Å². The molecule has 1 fully saturated rings. The van der Waals surface area contributed by atoms with Crippen LogP contribution < -0.4 is 0 Å². The van der Waals surface area contributed by atoms with Crippen LogP contribution in [-0.2, 0) is 11.3 Å². The molecule has 1 aliphatic rings. The number of aliphatic carboxylic acids is 1. The maximum atomic E-state index is 11.1. The molecule has 8 nitrogen and oxygen atoms in total. The molecule has 1 aliphatic heterocycles. The van der Waals surface area contributed by atoms with Gasteiger partial charge in [0, 0.05) is 25.6 Å². The van der Waals surface area contributed by atoms with Crippen molar-refractivity contribution >= 4 is 17.6 Å². The number of nitrogens with zero attached hydrogens (tertiary/aromatic N) is 4. The molecule has 0 spiro atoms. The minimum atomic E-state index is -0.797. The molecule has 0 amide bonds. The van der Waals surface area contributed by atoms with Crippen LogP contribution in [0.3, 0.4) is 0 Å². The Bertz CT molecular complexity index is 656. The van der Waals surface area contributed by atoms with Crippen molar-refractivity contribution in [2.45, 2.75) is 25.8 Å². The second kappa shape index (κ2) is 6.05. The zero-order chi connectivity index (χ0) is 15.7. The molecule has 22 heavy (non-hydrogen) atoms. The molecule has 0 saturated carbocycles. The lowest BCUT2D eigenvalue weighted by atomic mass is 9.91. The van der Waals surface area contributed by atoms with E-state index in [9.17, 15) is 4.79 Å². The summed E-state index contributed by atoms with van der Waals surface area (Å²) in [6.45, 7) is 3.85. The van der Waals surface area contributed by atoms with Crippen molar-refractivity contribution in [3.63, 3.8) is 0 Å². The summed E-state index contributed by atoms with van der Waals surface area (Å²) >= 11 is 6.20. The van der Waals surface area contributed by atoms with Gasteiger partial charge in [0.25, 0.3) is 0 Å². The van der Waals surface area contributed by atoms with Crippen LogP contribution >= 0.6 is 11.6 Å². The van der Waals surface area contributed by atoms with E-state index in [0.717, 1.165) is 17.1 Å². The normalized spacial score (nSPS) is 22.3. The molecular formula is C13H17ClN6O2. The van der Waals surface area contributed by atoms with Crippen molar-refractivity contribution in [3.05, 3.63) is 28.3 Å². The van der Waals surface area contributed by atoms with Crippen LogP contribution in [-0.4, -0.2) is 54.7 Å². The SMILES string of the molecule is Cc1[nH]nc(CN2C[C@H](CC(=O)O)[C@H](c3cn[nH]n3)C2)c1Cl. The Kier molecular flexibility index (Phi) is 4.12. The number of hydrogen-bond acceptors (Lipinski definition) is 5. The molecule has 9 heteroatoms. The molecule has 0 unspecified atom stereocenters. The monoisotopic (exact) mass is 324 g/mol. The molecule has 2 aromatic rings. The molecule has 3 heterocycles. The van der Waals surface area contributed by atoms with Gasteiger partial charge in [-0.3, -0.25) is 14.8 Å². The molecular weight excluding hydrogens is 308 g/mol. The number of H-pyrrole nitrogens is 2.